The van der Waals surface area contributed by atoms with Crippen molar-refractivity contribution in [3.63, 3.8) is 0 Å². The number of rotatable bonds is 6. The van der Waals surface area contributed by atoms with E-state index in [0.29, 0.717) is 0 Å². The average molecular weight is 424 g/mol. The summed E-state index contributed by atoms with van der Waals surface area (Å²) in [6, 6.07) is 2.48. The van der Waals surface area contributed by atoms with E-state index in [1.54, 1.807) is 20.8 Å². The summed E-state index contributed by atoms with van der Waals surface area (Å²) in [7, 11) is 0. The quantitative estimate of drug-likeness (QED) is 0.452. The zero-order valence-electron chi connectivity index (χ0n) is 17.2. The van der Waals surface area contributed by atoms with Gasteiger partial charge in [0.1, 0.15) is 17.7 Å². The lowest BCUT2D eigenvalue weighted by atomic mass is 10.2. The molecule has 3 N–H and O–H groups in total. The summed E-state index contributed by atoms with van der Waals surface area (Å²) in [5.41, 5.74) is 0.922. The van der Waals surface area contributed by atoms with Crippen molar-refractivity contribution < 1.29 is 33.7 Å². The highest BCUT2D eigenvalue weighted by atomic mass is 16.7. The highest BCUT2D eigenvalue weighted by molar-refractivity contribution is 5.93. The molecule has 0 aromatic heterocycles. The zero-order chi connectivity index (χ0) is 23.1. The number of nitro benzene ring substituents is 1. The number of hydrogen-bond donors (Lipinski definition) is 3. The number of amides is 3. The zero-order valence-corrected chi connectivity index (χ0v) is 17.2. The Labute approximate surface area is 172 Å². The van der Waals surface area contributed by atoms with Crippen molar-refractivity contribution in [3.8, 4) is 0 Å². The number of ether oxygens (including phenoxy) is 1. The maximum absolute atomic E-state index is 12.1. The largest absolute Gasteiger partial charge is 0.444 e. The maximum Gasteiger partial charge on any atom is 0.408 e. The van der Waals surface area contributed by atoms with Crippen LogP contribution < -0.4 is 16.1 Å². The van der Waals surface area contributed by atoms with E-state index < -0.39 is 46.5 Å². The summed E-state index contributed by atoms with van der Waals surface area (Å²) >= 11 is 0. The third-order valence-corrected chi connectivity index (χ3v) is 3.44. The van der Waals surface area contributed by atoms with E-state index in [1.165, 1.54) is 26.0 Å². The molecule has 12 heteroatoms. The van der Waals surface area contributed by atoms with Crippen molar-refractivity contribution in [3.05, 3.63) is 39.9 Å². The smallest absolute Gasteiger partial charge is 0.408 e. The second-order valence-electron chi connectivity index (χ2n) is 7.26. The molecule has 0 heterocycles. The van der Waals surface area contributed by atoms with E-state index in [1.807, 2.05) is 5.48 Å². The summed E-state index contributed by atoms with van der Waals surface area (Å²) in [4.78, 5) is 62.2. The molecule has 0 spiro atoms. The first-order valence-electron chi connectivity index (χ1n) is 8.85. The molecule has 0 saturated heterocycles. The van der Waals surface area contributed by atoms with Crippen LogP contribution in [0.25, 0.3) is 0 Å². The van der Waals surface area contributed by atoms with E-state index in [0.717, 1.165) is 12.1 Å². The molecule has 3 amide bonds. The third-order valence-electron chi connectivity index (χ3n) is 3.44. The van der Waals surface area contributed by atoms with Crippen LogP contribution in [0.1, 0.15) is 45.0 Å². The van der Waals surface area contributed by atoms with Crippen LogP contribution in [0.2, 0.25) is 0 Å². The Bertz CT molecular complexity index is 816. The van der Waals surface area contributed by atoms with Gasteiger partial charge in [-0.2, -0.15) is 5.48 Å². The standard InChI is InChI=1S/C18H24N4O8/c1-10(20-17(26)29-18(3,4)5)14(23)19-11(2)15(24)21-30-16(25)12-6-8-13(9-7-12)22(27)28/h6-11H,1-5H3,(H,19,23)(H,20,26)(H,21,24)/t10-,11+/m1/s1. The van der Waals surface area contributed by atoms with Crippen molar-refractivity contribution in [1.82, 2.24) is 16.1 Å². The molecule has 1 aromatic rings. The number of nitro groups is 1. The van der Waals surface area contributed by atoms with Crippen LogP contribution in [0.3, 0.4) is 0 Å². The van der Waals surface area contributed by atoms with Crippen molar-refractivity contribution in [2.75, 3.05) is 0 Å². The van der Waals surface area contributed by atoms with Gasteiger partial charge in [0.15, 0.2) is 0 Å². The fourth-order valence-electron chi connectivity index (χ4n) is 1.92. The van der Waals surface area contributed by atoms with Gasteiger partial charge in [0.05, 0.1) is 10.5 Å². The van der Waals surface area contributed by atoms with E-state index in [4.69, 9.17) is 4.74 Å². The number of alkyl carbamates (subject to hydrolysis) is 1. The fourth-order valence-corrected chi connectivity index (χ4v) is 1.92. The predicted octanol–water partition coefficient (Wildman–Crippen LogP) is 1.20. The molecule has 2 atom stereocenters. The number of non-ortho nitro benzene ring substituents is 1. The maximum atomic E-state index is 12.1. The van der Waals surface area contributed by atoms with Crippen LogP contribution in [0.15, 0.2) is 24.3 Å². The first-order valence-corrected chi connectivity index (χ1v) is 8.85. The topological polar surface area (TPSA) is 166 Å². The molecular formula is C18H24N4O8. The monoisotopic (exact) mass is 424 g/mol. The normalized spacial score (nSPS) is 12.7. The van der Waals surface area contributed by atoms with Gasteiger partial charge in [0.2, 0.25) is 5.91 Å². The second-order valence-corrected chi connectivity index (χ2v) is 7.26. The number of carbonyl (C=O) groups is 4. The molecule has 0 radical (unpaired) electrons. The van der Waals surface area contributed by atoms with Gasteiger partial charge in [-0.1, -0.05) is 0 Å². The first kappa shape index (κ1) is 24.3. The van der Waals surface area contributed by atoms with Crippen LogP contribution in [-0.2, 0) is 19.2 Å². The third kappa shape index (κ3) is 8.12. The average Bonchev–Trinajstić information content (AvgIpc) is 2.63. The van der Waals surface area contributed by atoms with Crippen molar-refractivity contribution >= 4 is 29.6 Å². The molecule has 0 fully saturated rings. The van der Waals surface area contributed by atoms with E-state index in [9.17, 15) is 29.3 Å². The van der Waals surface area contributed by atoms with Crippen LogP contribution in [0, 0.1) is 10.1 Å². The molecule has 0 aliphatic heterocycles. The van der Waals surface area contributed by atoms with Crippen molar-refractivity contribution in [2.45, 2.75) is 52.3 Å². The summed E-state index contributed by atoms with van der Waals surface area (Å²) in [5, 5.41) is 15.3. The molecule has 12 nitrogen and oxygen atoms in total. The summed E-state index contributed by atoms with van der Waals surface area (Å²) in [6.07, 6.45) is -0.792. The molecule has 0 unspecified atom stereocenters. The minimum atomic E-state index is -1.09. The Morgan fingerprint density at radius 3 is 2.00 bits per heavy atom. The number of nitrogens with one attached hydrogen (secondary N) is 3. The molecule has 1 rings (SSSR count). The van der Waals surface area contributed by atoms with Crippen molar-refractivity contribution in [1.29, 1.82) is 0 Å². The van der Waals surface area contributed by atoms with Crippen LogP contribution >= 0.6 is 0 Å². The number of nitrogens with zero attached hydrogens (tertiary/aromatic N) is 1. The number of benzene rings is 1. The summed E-state index contributed by atoms with van der Waals surface area (Å²) in [5.74, 6) is -2.44. The molecule has 164 valence electrons. The Morgan fingerprint density at radius 2 is 1.50 bits per heavy atom. The van der Waals surface area contributed by atoms with Crippen LogP contribution in [0.4, 0.5) is 10.5 Å². The molecule has 1 aromatic carbocycles. The van der Waals surface area contributed by atoms with Gasteiger partial charge in [0, 0.05) is 12.1 Å². The molecule has 0 aliphatic rings. The van der Waals surface area contributed by atoms with E-state index >= 15 is 0 Å². The van der Waals surface area contributed by atoms with Gasteiger partial charge < -0.3 is 20.2 Å². The Hall–Kier alpha value is -3.70. The van der Waals surface area contributed by atoms with Gasteiger partial charge in [-0.05, 0) is 46.8 Å². The summed E-state index contributed by atoms with van der Waals surface area (Å²) in [6.45, 7) is 7.75. The fraction of sp³-hybridized carbons (Fsp3) is 0.444. The predicted molar refractivity (Wildman–Crippen MR) is 103 cm³/mol. The van der Waals surface area contributed by atoms with Crippen molar-refractivity contribution in [2.24, 2.45) is 0 Å². The lowest BCUT2D eigenvalue weighted by Crippen LogP contribution is -2.52. The molecule has 0 aliphatic carbocycles. The van der Waals surface area contributed by atoms with E-state index in [-0.39, 0.29) is 11.3 Å². The Balaban J connectivity index is 2.49. The molecule has 0 bridgehead atoms. The highest BCUT2D eigenvalue weighted by Gasteiger charge is 2.24. The molecule has 0 saturated carbocycles. The molecular weight excluding hydrogens is 400 g/mol. The highest BCUT2D eigenvalue weighted by Crippen LogP contribution is 2.12. The minimum absolute atomic E-state index is 0.0206. The van der Waals surface area contributed by atoms with Gasteiger partial charge in [-0.3, -0.25) is 19.7 Å². The minimum Gasteiger partial charge on any atom is -0.444 e. The van der Waals surface area contributed by atoms with Gasteiger partial charge >= 0.3 is 12.1 Å². The lowest BCUT2D eigenvalue weighted by Gasteiger charge is -2.22. The molecule has 30 heavy (non-hydrogen) atoms. The van der Waals surface area contributed by atoms with Gasteiger partial charge in [-0.25, -0.2) is 9.59 Å². The first-order chi connectivity index (χ1) is 13.8. The van der Waals surface area contributed by atoms with Crippen LogP contribution in [-0.4, -0.2) is 46.5 Å². The van der Waals surface area contributed by atoms with Gasteiger partial charge in [0.25, 0.3) is 11.6 Å². The van der Waals surface area contributed by atoms with E-state index in [2.05, 4.69) is 15.5 Å². The van der Waals surface area contributed by atoms with Gasteiger partial charge in [-0.15, -0.1) is 0 Å². The van der Waals surface area contributed by atoms with Crippen LogP contribution in [0.5, 0.6) is 0 Å². The number of hydrogen-bond acceptors (Lipinski definition) is 8. The summed E-state index contributed by atoms with van der Waals surface area (Å²) < 4.78 is 5.03. The SMILES string of the molecule is C[C@H](NC(=O)[C@@H](C)NC(=O)OC(C)(C)C)C(=O)NOC(=O)c1ccc([N+](=O)[O-])cc1. The Morgan fingerprint density at radius 1 is 0.967 bits per heavy atom. The second kappa shape index (κ2) is 10.2. The number of carbonyl (C=O) groups excluding carboxylic acids is 4. The Kier molecular flexibility index (Phi) is 8.26. The number of hydroxylamine groups is 1. The lowest BCUT2D eigenvalue weighted by molar-refractivity contribution is -0.384.